The second-order valence-electron chi connectivity index (χ2n) is 5.11. The van der Waals surface area contributed by atoms with Gasteiger partial charge in [0.2, 0.25) is 17.0 Å². The minimum Gasteiger partial charge on any atom is -0.467 e. The van der Waals surface area contributed by atoms with E-state index in [9.17, 15) is 4.79 Å². The van der Waals surface area contributed by atoms with Crippen LogP contribution in [0.5, 0.6) is 0 Å². The average Bonchev–Trinajstić information content (AvgIpc) is 3.24. The lowest BCUT2D eigenvalue weighted by Gasteiger charge is -2.21. The molecule has 0 bridgehead atoms. The summed E-state index contributed by atoms with van der Waals surface area (Å²) in [7, 11) is 0. The number of carbonyl (C=O) groups excluding carboxylic acids is 1. The molecule has 3 N–H and O–H groups in total. The largest absolute Gasteiger partial charge is 0.467 e. The number of anilines is 1. The van der Waals surface area contributed by atoms with Crippen LogP contribution in [0.4, 0.5) is 5.95 Å². The maximum Gasteiger partial charge on any atom is 0.233 e. The SMILES string of the molecule is Nc1nc(SCC(=O)N(Cc2ccccc2)Cc2ccco2)n[nH]1. The maximum absolute atomic E-state index is 12.6. The topological polar surface area (TPSA) is 101 Å². The third kappa shape index (κ3) is 4.39. The fourth-order valence-corrected chi connectivity index (χ4v) is 2.88. The smallest absolute Gasteiger partial charge is 0.233 e. The van der Waals surface area contributed by atoms with E-state index in [4.69, 9.17) is 10.2 Å². The number of aromatic amines is 1. The van der Waals surface area contributed by atoms with Crippen molar-refractivity contribution in [1.82, 2.24) is 20.1 Å². The van der Waals surface area contributed by atoms with Crippen molar-refractivity contribution in [3.63, 3.8) is 0 Å². The van der Waals surface area contributed by atoms with Crippen LogP contribution in [0.15, 0.2) is 58.3 Å². The molecule has 2 heterocycles. The lowest BCUT2D eigenvalue weighted by Crippen LogP contribution is -2.31. The molecular weight excluding hydrogens is 326 g/mol. The van der Waals surface area contributed by atoms with Crippen LogP contribution < -0.4 is 5.73 Å². The Morgan fingerprint density at radius 1 is 1.21 bits per heavy atom. The summed E-state index contributed by atoms with van der Waals surface area (Å²) in [6, 6.07) is 13.5. The lowest BCUT2D eigenvalue weighted by atomic mass is 10.2. The van der Waals surface area contributed by atoms with Gasteiger partial charge in [-0.3, -0.25) is 4.79 Å². The van der Waals surface area contributed by atoms with E-state index in [-0.39, 0.29) is 17.6 Å². The number of carbonyl (C=O) groups is 1. The quantitative estimate of drug-likeness (QED) is 0.638. The molecule has 0 fully saturated rings. The van der Waals surface area contributed by atoms with Crippen molar-refractivity contribution < 1.29 is 9.21 Å². The molecule has 1 aromatic carbocycles. The Labute approximate surface area is 143 Å². The van der Waals surface area contributed by atoms with E-state index >= 15 is 0 Å². The number of nitrogen functional groups attached to an aromatic ring is 1. The van der Waals surface area contributed by atoms with Gasteiger partial charge >= 0.3 is 0 Å². The van der Waals surface area contributed by atoms with Crippen molar-refractivity contribution in [2.75, 3.05) is 11.5 Å². The van der Waals surface area contributed by atoms with Gasteiger partial charge in [-0.25, -0.2) is 5.10 Å². The first kappa shape index (κ1) is 16.1. The molecule has 3 rings (SSSR count). The minimum absolute atomic E-state index is 0.0244. The number of aromatic nitrogens is 3. The molecule has 0 aliphatic heterocycles. The fourth-order valence-electron chi connectivity index (χ4n) is 2.17. The number of nitrogens with zero attached hydrogens (tertiary/aromatic N) is 3. The first-order chi connectivity index (χ1) is 11.7. The molecule has 0 radical (unpaired) electrons. The van der Waals surface area contributed by atoms with E-state index in [2.05, 4.69) is 15.2 Å². The van der Waals surface area contributed by atoms with Gasteiger partial charge in [-0.2, -0.15) is 4.98 Å². The van der Waals surface area contributed by atoms with Crippen LogP contribution in [0.3, 0.4) is 0 Å². The highest BCUT2D eigenvalue weighted by atomic mass is 32.2. The van der Waals surface area contributed by atoms with Crippen molar-refractivity contribution in [2.45, 2.75) is 18.2 Å². The summed E-state index contributed by atoms with van der Waals surface area (Å²) < 4.78 is 5.37. The molecule has 3 aromatic rings. The number of hydrogen-bond donors (Lipinski definition) is 2. The predicted octanol–water partition coefficient (Wildman–Crippen LogP) is 2.30. The molecule has 0 saturated carbocycles. The highest BCUT2D eigenvalue weighted by Gasteiger charge is 2.17. The summed E-state index contributed by atoms with van der Waals surface area (Å²) in [6.45, 7) is 0.925. The van der Waals surface area contributed by atoms with Gasteiger partial charge in [0.25, 0.3) is 0 Å². The van der Waals surface area contributed by atoms with E-state index < -0.39 is 0 Å². The average molecular weight is 343 g/mol. The molecule has 124 valence electrons. The molecule has 0 aliphatic carbocycles. The number of H-pyrrole nitrogens is 1. The molecule has 7 nitrogen and oxygen atoms in total. The number of nitrogens with two attached hydrogens (primary N) is 1. The van der Waals surface area contributed by atoms with Crippen LogP contribution in [0.1, 0.15) is 11.3 Å². The van der Waals surface area contributed by atoms with E-state index in [1.807, 2.05) is 42.5 Å². The molecule has 2 aromatic heterocycles. The summed E-state index contributed by atoms with van der Waals surface area (Å²) in [5.74, 6) is 1.18. The zero-order valence-corrected chi connectivity index (χ0v) is 13.7. The third-order valence-electron chi connectivity index (χ3n) is 3.30. The van der Waals surface area contributed by atoms with Gasteiger partial charge < -0.3 is 15.1 Å². The molecule has 0 unspecified atom stereocenters. The molecule has 0 saturated heterocycles. The van der Waals surface area contributed by atoms with E-state index in [1.165, 1.54) is 11.8 Å². The standard InChI is InChI=1S/C16H17N5O2S/c17-15-18-16(20-19-15)24-11-14(22)21(10-13-7-4-8-23-13)9-12-5-2-1-3-6-12/h1-8H,9-11H2,(H3,17,18,19,20). The molecule has 0 spiro atoms. The fraction of sp³-hybridized carbons (Fsp3) is 0.188. The monoisotopic (exact) mass is 343 g/mol. The highest BCUT2D eigenvalue weighted by Crippen LogP contribution is 2.17. The first-order valence-electron chi connectivity index (χ1n) is 7.35. The Morgan fingerprint density at radius 3 is 2.71 bits per heavy atom. The Morgan fingerprint density at radius 2 is 2.04 bits per heavy atom. The number of thioether (sulfide) groups is 1. The van der Waals surface area contributed by atoms with Gasteiger partial charge in [0, 0.05) is 6.54 Å². The zero-order valence-electron chi connectivity index (χ0n) is 12.9. The lowest BCUT2D eigenvalue weighted by molar-refractivity contribution is -0.129. The third-order valence-corrected chi connectivity index (χ3v) is 4.13. The van der Waals surface area contributed by atoms with Crippen LogP contribution >= 0.6 is 11.8 Å². The molecule has 24 heavy (non-hydrogen) atoms. The van der Waals surface area contributed by atoms with Gasteiger partial charge in [-0.05, 0) is 17.7 Å². The van der Waals surface area contributed by atoms with Crippen LogP contribution in [0.25, 0.3) is 0 Å². The second-order valence-corrected chi connectivity index (χ2v) is 6.05. The number of amides is 1. The summed E-state index contributed by atoms with van der Waals surface area (Å²) in [4.78, 5) is 18.4. The van der Waals surface area contributed by atoms with E-state index in [1.54, 1.807) is 11.2 Å². The number of benzene rings is 1. The minimum atomic E-state index is -0.0244. The molecule has 0 atom stereocenters. The molecular formula is C16H17N5O2S. The number of rotatable bonds is 7. The van der Waals surface area contributed by atoms with Crippen molar-refractivity contribution in [3.05, 3.63) is 60.1 Å². The van der Waals surface area contributed by atoms with E-state index in [0.29, 0.717) is 18.2 Å². The van der Waals surface area contributed by atoms with E-state index in [0.717, 1.165) is 11.3 Å². The molecule has 1 amide bonds. The molecule has 8 heteroatoms. The van der Waals surface area contributed by atoms with Gasteiger partial charge in [-0.15, -0.1) is 5.10 Å². The number of hydrogen-bond acceptors (Lipinski definition) is 6. The van der Waals surface area contributed by atoms with Crippen molar-refractivity contribution >= 4 is 23.6 Å². The Hall–Kier alpha value is -2.74. The van der Waals surface area contributed by atoms with Gasteiger partial charge in [0.1, 0.15) is 5.76 Å². The van der Waals surface area contributed by atoms with Gasteiger partial charge in [0.15, 0.2) is 0 Å². The second kappa shape index (κ2) is 7.69. The summed E-state index contributed by atoms with van der Waals surface area (Å²) >= 11 is 1.25. The normalized spacial score (nSPS) is 10.7. The van der Waals surface area contributed by atoms with Gasteiger partial charge in [0.05, 0.1) is 18.6 Å². The Bertz CT molecular complexity index is 773. The van der Waals surface area contributed by atoms with Crippen molar-refractivity contribution in [2.24, 2.45) is 0 Å². The van der Waals surface area contributed by atoms with Crippen molar-refractivity contribution in [3.8, 4) is 0 Å². The summed E-state index contributed by atoms with van der Waals surface area (Å²) in [6.07, 6.45) is 1.60. The van der Waals surface area contributed by atoms with Gasteiger partial charge in [-0.1, -0.05) is 42.1 Å². The van der Waals surface area contributed by atoms with Crippen LogP contribution in [-0.2, 0) is 17.9 Å². The Balaban J connectivity index is 1.66. The van der Waals surface area contributed by atoms with Crippen molar-refractivity contribution in [1.29, 1.82) is 0 Å². The van der Waals surface area contributed by atoms with Crippen LogP contribution in [-0.4, -0.2) is 31.7 Å². The number of furan rings is 1. The summed E-state index contributed by atoms with van der Waals surface area (Å²) in [5, 5.41) is 6.93. The number of nitrogens with one attached hydrogen (secondary N) is 1. The summed E-state index contributed by atoms with van der Waals surface area (Å²) in [5.41, 5.74) is 6.55. The van der Waals surface area contributed by atoms with Crippen LogP contribution in [0.2, 0.25) is 0 Å². The zero-order chi connectivity index (χ0) is 16.8. The molecule has 0 aliphatic rings. The predicted molar refractivity (Wildman–Crippen MR) is 90.9 cm³/mol. The first-order valence-corrected chi connectivity index (χ1v) is 8.34. The Kier molecular flexibility index (Phi) is 5.17. The maximum atomic E-state index is 12.6. The van der Waals surface area contributed by atoms with Crippen LogP contribution in [0, 0.1) is 0 Å². The highest BCUT2D eigenvalue weighted by molar-refractivity contribution is 7.99.